The molecule has 0 spiro atoms. The number of esters is 1. The summed E-state index contributed by atoms with van der Waals surface area (Å²) in [5.74, 6) is -0.00409. The fourth-order valence-corrected chi connectivity index (χ4v) is 3.26. The maximum absolute atomic E-state index is 11.8. The fraction of sp³-hybridized carbons (Fsp3) is 0.500. The van der Waals surface area contributed by atoms with Crippen molar-refractivity contribution in [1.29, 1.82) is 0 Å². The standard InChI is InChI=1S/C16H21NO3S/c1-11(8-16(19)20-2)17-15(18)10-21-14-7-6-12-4-3-5-13(12)9-14/h6-7,9,11H,3-5,8,10H2,1-2H3,(H,17,18). The van der Waals surface area contributed by atoms with E-state index in [2.05, 4.69) is 28.3 Å². The van der Waals surface area contributed by atoms with Crippen LogP contribution >= 0.6 is 11.8 Å². The van der Waals surface area contributed by atoms with Gasteiger partial charge in [0.25, 0.3) is 0 Å². The van der Waals surface area contributed by atoms with E-state index < -0.39 is 0 Å². The first-order chi connectivity index (χ1) is 10.1. The maximum Gasteiger partial charge on any atom is 0.307 e. The molecule has 1 aliphatic carbocycles. The minimum atomic E-state index is -0.311. The van der Waals surface area contributed by atoms with E-state index in [4.69, 9.17) is 0 Å². The normalized spacial score (nSPS) is 14.4. The minimum absolute atomic E-state index is 0.0584. The molecule has 1 aliphatic rings. The van der Waals surface area contributed by atoms with E-state index in [9.17, 15) is 9.59 Å². The number of rotatable bonds is 6. The number of ether oxygens (including phenoxy) is 1. The van der Waals surface area contributed by atoms with Gasteiger partial charge in [0, 0.05) is 10.9 Å². The highest BCUT2D eigenvalue weighted by atomic mass is 32.2. The quantitative estimate of drug-likeness (QED) is 0.647. The Morgan fingerprint density at radius 3 is 2.86 bits per heavy atom. The zero-order valence-electron chi connectivity index (χ0n) is 12.5. The van der Waals surface area contributed by atoms with Gasteiger partial charge in [-0.1, -0.05) is 6.07 Å². The number of carbonyl (C=O) groups is 2. The Bertz CT molecular complexity index is 530. The lowest BCUT2D eigenvalue weighted by atomic mass is 10.1. The first-order valence-corrected chi connectivity index (χ1v) is 8.18. The van der Waals surface area contributed by atoms with Gasteiger partial charge in [0.15, 0.2) is 0 Å². The molecule has 0 saturated heterocycles. The van der Waals surface area contributed by atoms with Crippen molar-refractivity contribution in [3.8, 4) is 0 Å². The van der Waals surface area contributed by atoms with Crippen molar-refractivity contribution in [3.05, 3.63) is 29.3 Å². The highest BCUT2D eigenvalue weighted by Crippen LogP contribution is 2.27. The van der Waals surface area contributed by atoms with Crippen LogP contribution in [-0.4, -0.2) is 30.8 Å². The van der Waals surface area contributed by atoms with E-state index in [0.29, 0.717) is 5.75 Å². The Kier molecular flexibility index (Phi) is 5.67. The topological polar surface area (TPSA) is 55.4 Å². The van der Waals surface area contributed by atoms with E-state index in [-0.39, 0.29) is 24.3 Å². The molecule has 0 fully saturated rings. The molecular formula is C16H21NO3S. The van der Waals surface area contributed by atoms with Gasteiger partial charge in [-0.3, -0.25) is 9.59 Å². The van der Waals surface area contributed by atoms with Crippen LogP contribution in [-0.2, 0) is 27.2 Å². The molecule has 0 aliphatic heterocycles. The van der Waals surface area contributed by atoms with Gasteiger partial charge < -0.3 is 10.1 Å². The third-order valence-corrected chi connectivity index (χ3v) is 4.54. The second-order valence-corrected chi connectivity index (χ2v) is 6.37. The smallest absolute Gasteiger partial charge is 0.307 e. The first-order valence-electron chi connectivity index (χ1n) is 7.19. The van der Waals surface area contributed by atoms with Crippen molar-refractivity contribution >= 4 is 23.6 Å². The zero-order chi connectivity index (χ0) is 15.2. The van der Waals surface area contributed by atoms with E-state index in [1.165, 1.54) is 42.8 Å². The van der Waals surface area contributed by atoms with Crippen LogP contribution in [0.3, 0.4) is 0 Å². The van der Waals surface area contributed by atoms with Crippen molar-refractivity contribution in [2.45, 2.75) is 43.5 Å². The molecule has 114 valence electrons. The molecule has 21 heavy (non-hydrogen) atoms. The molecule has 5 heteroatoms. The molecule has 1 N–H and O–H groups in total. The summed E-state index contributed by atoms with van der Waals surface area (Å²) >= 11 is 1.53. The molecule has 0 heterocycles. The van der Waals surface area contributed by atoms with Crippen molar-refractivity contribution < 1.29 is 14.3 Å². The highest BCUT2D eigenvalue weighted by Gasteiger charge is 2.14. The average Bonchev–Trinajstić information content (AvgIpc) is 2.92. The summed E-state index contributed by atoms with van der Waals surface area (Å²) in [5.41, 5.74) is 2.86. The number of thioether (sulfide) groups is 1. The van der Waals surface area contributed by atoms with Crippen LogP contribution in [0.25, 0.3) is 0 Å². The summed E-state index contributed by atoms with van der Waals surface area (Å²) in [5, 5.41) is 2.81. The number of methoxy groups -OCH3 is 1. The summed E-state index contributed by atoms with van der Waals surface area (Å²) in [6.07, 6.45) is 3.75. The number of hydrogen-bond donors (Lipinski definition) is 1. The third kappa shape index (κ3) is 4.77. The van der Waals surface area contributed by atoms with Crippen LogP contribution < -0.4 is 5.32 Å². The Labute approximate surface area is 129 Å². The summed E-state index contributed by atoms with van der Waals surface area (Å²) < 4.78 is 4.58. The summed E-state index contributed by atoms with van der Waals surface area (Å²) in [4.78, 5) is 24.1. The van der Waals surface area contributed by atoms with Crippen LogP contribution in [0.4, 0.5) is 0 Å². The van der Waals surface area contributed by atoms with Gasteiger partial charge >= 0.3 is 5.97 Å². The molecule has 0 saturated carbocycles. The SMILES string of the molecule is COC(=O)CC(C)NC(=O)CSc1ccc2c(c1)CCC2. The molecule has 1 amide bonds. The number of aryl methyl sites for hydroxylation is 2. The van der Waals surface area contributed by atoms with Crippen molar-refractivity contribution in [1.82, 2.24) is 5.32 Å². The summed E-state index contributed by atoms with van der Waals surface area (Å²) in [6.45, 7) is 1.80. The Balaban J connectivity index is 1.77. The minimum Gasteiger partial charge on any atom is -0.469 e. The third-order valence-electron chi connectivity index (χ3n) is 3.55. The van der Waals surface area contributed by atoms with Crippen LogP contribution in [0.5, 0.6) is 0 Å². The first kappa shape index (κ1) is 15.9. The van der Waals surface area contributed by atoms with E-state index in [1.54, 1.807) is 6.92 Å². The molecule has 1 atom stereocenters. The fourth-order valence-electron chi connectivity index (χ4n) is 2.49. The van der Waals surface area contributed by atoms with Gasteiger partial charge in [-0.25, -0.2) is 0 Å². The van der Waals surface area contributed by atoms with Crippen molar-refractivity contribution in [2.75, 3.05) is 12.9 Å². The van der Waals surface area contributed by atoms with Gasteiger partial charge in [-0.05, 0) is 49.4 Å². The molecule has 4 nitrogen and oxygen atoms in total. The molecule has 1 aromatic rings. The number of hydrogen-bond acceptors (Lipinski definition) is 4. The number of fused-ring (bicyclic) bond motifs is 1. The molecule has 0 radical (unpaired) electrons. The molecule has 2 rings (SSSR count). The van der Waals surface area contributed by atoms with Crippen LogP contribution in [0.15, 0.2) is 23.1 Å². The molecule has 0 bridgehead atoms. The molecule has 0 aromatic heterocycles. The second kappa shape index (κ2) is 7.50. The number of benzene rings is 1. The van der Waals surface area contributed by atoms with Gasteiger partial charge in [0.1, 0.15) is 0 Å². The Hall–Kier alpha value is -1.49. The Morgan fingerprint density at radius 1 is 1.33 bits per heavy atom. The monoisotopic (exact) mass is 307 g/mol. The van der Waals surface area contributed by atoms with Crippen molar-refractivity contribution in [2.24, 2.45) is 0 Å². The molecular weight excluding hydrogens is 286 g/mol. The predicted octanol–water partition coefficient (Wildman–Crippen LogP) is 2.34. The molecule has 1 unspecified atom stereocenters. The largest absolute Gasteiger partial charge is 0.469 e. The van der Waals surface area contributed by atoms with Gasteiger partial charge in [0.05, 0.1) is 19.3 Å². The number of amides is 1. The maximum atomic E-state index is 11.8. The van der Waals surface area contributed by atoms with Crippen LogP contribution in [0.2, 0.25) is 0 Å². The predicted molar refractivity (Wildman–Crippen MR) is 83.4 cm³/mol. The molecule has 1 aromatic carbocycles. The average molecular weight is 307 g/mol. The summed E-state index contributed by atoms with van der Waals surface area (Å²) in [6, 6.07) is 6.24. The van der Waals surface area contributed by atoms with Crippen LogP contribution in [0.1, 0.15) is 30.9 Å². The van der Waals surface area contributed by atoms with Crippen molar-refractivity contribution in [3.63, 3.8) is 0 Å². The van der Waals surface area contributed by atoms with E-state index in [0.717, 1.165) is 11.3 Å². The number of nitrogens with one attached hydrogen (secondary N) is 1. The van der Waals surface area contributed by atoms with Gasteiger partial charge in [0.2, 0.25) is 5.91 Å². The van der Waals surface area contributed by atoms with Crippen LogP contribution in [0, 0.1) is 0 Å². The summed E-state index contributed by atoms with van der Waals surface area (Å²) in [7, 11) is 1.35. The lowest BCUT2D eigenvalue weighted by Crippen LogP contribution is -2.35. The lowest BCUT2D eigenvalue weighted by Gasteiger charge is -2.12. The lowest BCUT2D eigenvalue weighted by molar-refractivity contribution is -0.141. The van der Waals surface area contributed by atoms with Gasteiger partial charge in [-0.2, -0.15) is 0 Å². The highest BCUT2D eigenvalue weighted by molar-refractivity contribution is 8.00. The zero-order valence-corrected chi connectivity index (χ0v) is 13.3. The van der Waals surface area contributed by atoms with E-state index >= 15 is 0 Å². The Morgan fingerprint density at radius 2 is 2.10 bits per heavy atom. The second-order valence-electron chi connectivity index (χ2n) is 5.32. The number of carbonyl (C=O) groups excluding carboxylic acids is 2. The van der Waals surface area contributed by atoms with Gasteiger partial charge in [-0.15, -0.1) is 11.8 Å². The van der Waals surface area contributed by atoms with E-state index in [1.807, 2.05) is 0 Å².